The van der Waals surface area contributed by atoms with Gasteiger partial charge in [-0.2, -0.15) is 0 Å². The monoisotopic (exact) mass is 346 g/mol. The fraction of sp³-hybridized carbons (Fsp3) is 0.150. The Morgan fingerprint density at radius 1 is 1.15 bits per heavy atom. The van der Waals surface area contributed by atoms with E-state index >= 15 is 0 Å². The van der Waals surface area contributed by atoms with Crippen LogP contribution in [0.4, 0.5) is 5.69 Å². The molecule has 0 fully saturated rings. The van der Waals surface area contributed by atoms with Gasteiger partial charge in [-0.05, 0) is 45.0 Å². The second-order valence-electron chi connectivity index (χ2n) is 6.20. The van der Waals surface area contributed by atoms with E-state index in [0.29, 0.717) is 28.5 Å². The van der Waals surface area contributed by atoms with E-state index in [2.05, 4.69) is 15.3 Å². The molecule has 4 rings (SSSR count). The van der Waals surface area contributed by atoms with Crippen LogP contribution < -0.4 is 5.32 Å². The van der Waals surface area contributed by atoms with Gasteiger partial charge in [0.25, 0.3) is 5.91 Å². The van der Waals surface area contributed by atoms with Crippen LogP contribution in [0.5, 0.6) is 0 Å². The normalized spacial score (nSPS) is 11.0. The molecule has 0 spiro atoms. The van der Waals surface area contributed by atoms with Crippen LogP contribution in [0.25, 0.3) is 17.0 Å². The highest BCUT2D eigenvalue weighted by atomic mass is 16.3. The number of carbonyl (C=O) groups is 1. The fourth-order valence-electron chi connectivity index (χ4n) is 3.08. The number of hydrogen-bond acceptors (Lipinski definition) is 4. The molecule has 4 aromatic rings. The first-order chi connectivity index (χ1) is 12.5. The molecule has 1 N–H and O–H groups in total. The van der Waals surface area contributed by atoms with Gasteiger partial charge in [0.05, 0.1) is 11.3 Å². The maximum absolute atomic E-state index is 12.5. The van der Waals surface area contributed by atoms with Crippen molar-refractivity contribution in [3.05, 3.63) is 71.6 Å². The maximum Gasteiger partial charge on any atom is 0.259 e. The summed E-state index contributed by atoms with van der Waals surface area (Å²) in [6.07, 6.45) is 3.65. The lowest BCUT2D eigenvalue weighted by molar-refractivity contribution is 0.102. The number of carbonyl (C=O) groups excluding carboxylic acids is 1. The number of benzene rings is 1. The van der Waals surface area contributed by atoms with E-state index in [1.165, 1.54) is 0 Å². The van der Waals surface area contributed by atoms with Crippen LogP contribution in [0.3, 0.4) is 0 Å². The first-order valence-corrected chi connectivity index (χ1v) is 8.31. The summed E-state index contributed by atoms with van der Waals surface area (Å²) in [7, 11) is 0. The van der Waals surface area contributed by atoms with Crippen LogP contribution in [0, 0.1) is 20.8 Å². The molecule has 0 aliphatic heterocycles. The fourth-order valence-corrected chi connectivity index (χ4v) is 3.08. The quantitative estimate of drug-likeness (QED) is 0.604. The molecule has 0 atom stereocenters. The molecule has 0 saturated carbocycles. The number of amides is 1. The molecule has 6 nitrogen and oxygen atoms in total. The Morgan fingerprint density at radius 3 is 2.73 bits per heavy atom. The molecule has 26 heavy (non-hydrogen) atoms. The first-order valence-electron chi connectivity index (χ1n) is 8.31. The smallest absolute Gasteiger partial charge is 0.259 e. The lowest BCUT2D eigenvalue weighted by Gasteiger charge is -2.06. The third-order valence-corrected chi connectivity index (χ3v) is 4.32. The summed E-state index contributed by atoms with van der Waals surface area (Å²) >= 11 is 0. The van der Waals surface area contributed by atoms with Crippen LogP contribution >= 0.6 is 0 Å². The van der Waals surface area contributed by atoms with Crippen LogP contribution in [0.1, 0.15) is 27.6 Å². The van der Waals surface area contributed by atoms with E-state index in [4.69, 9.17) is 4.42 Å². The van der Waals surface area contributed by atoms with Crippen molar-refractivity contribution in [3.8, 4) is 11.3 Å². The minimum atomic E-state index is -0.190. The number of furan rings is 1. The summed E-state index contributed by atoms with van der Waals surface area (Å²) in [6.45, 7) is 5.61. The Morgan fingerprint density at radius 2 is 2.00 bits per heavy atom. The predicted octanol–water partition coefficient (Wildman–Crippen LogP) is 4.17. The van der Waals surface area contributed by atoms with Gasteiger partial charge in [0, 0.05) is 29.3 Å². The number of fused-ring (bicyclic) bond motifs is 1. The van der Waals surface area contributed by atoms with Crippen LogP contribution in [-0.4, -0.2) is 20.3 Å². The molecule has 0 unspecified atom stereocenters. The van der Waals surface area contributed by atoms with Crippen LogP contribution in [-0.2, 0) is 0 Å². The third kappa shape index (κ3) is 2.75. The Kier molecular flexibility index (Phi) is 3.80. The molecule has 0 radical (unpaired) electrons. The van der Waals surface area contributed by atoms with Gasteiger partial charge < -0.3 is 9.73 Å². The molecule has 0 aliphatic carbocycles. The highest BCUT2D eigenvalue weighted by molar-refractivity contribution is 6.05. The number of aryl methyl sites for hydroxylation is 3. The Bertz CT molecular complexity index is 1120. The van der Waals surface area contributed by atoms with Crippen LogP contribution in [0.15, 0.2) is 53.2 Å². The standard InChI is InChI=1S/C20H18N4O2/c1-12-10-17(14(3)26-12)19(25)22-16-7-4-6-15(11-16)18-13(2)24-9-5-8-21-20(24)23-18/h4-11H,1-3H3,(H,22,25). The Balaban J connectivity index is 1.67. The van der Waals surface area contributed by atoms with Crippen molar-refractivity contribution >= 4 is 17.4 Å². The van der Waals surface area contributed by atoms with Gasteiger partial charge in [0.2, 0.25) is 5.78 Å². The van der Waals surface area contributed by atoms with Gasteiger partial charge in [0.1, 0.15) is 11.5 Å². The largest absolute Gasteiger partial charge is 0.466 e. The number of hydrogen-bond donors (Lipinski definition) is 1. The summed E-state index contributed by atoms with van der Waals surface area (Å²) in [4.78, 5) is 21.4. The van der Waals surface area contributed by atoms with Crippen molar-refractivity contribution in [1.82, 2.24) is 14.4 Å². The maximum atomic E-state index is 12.5. The number of rotatable bonds is 3. The summed E-state index contributed by atoms with van der Waals surface area (Å²) in [5.74, 6) is 1.79. The molecule has 6 heteroatoms. The van der Waals surface area contributed by atoms with Gasteiger partial charge >= 0.3 is 0 Å². The van der Waals surface area contributed by atoms with E-state index in [-0.39, 0.29) is 5.91 Å². The minimum absolute atomic E-state index is 0.190. The highest BCUT2D eigenvalue weighted by Crippen LogP contribution is 2.26. The summed E-state index contributed by atoms with van der Waals surface area (Å²) in [5, 5.41) is 2.93. The summed E-state index contributed by atoms with van der Waals surface area (Å²) < 4.78 is 7.38. The second-order valence-corrected chi connectivity index (χ2v) is 6.20. The van der Waals surface area contributed by atoms with Gasteiger partial charge in [-0.1, -0.05) is 12.1 Å². The summed E-state index contributed by atoms with van der Waals surface area (Å²) in [6, 6.07) is 11.2. The molecular formula is C20H18N4O2. The van der Waals surface area contributed by atoms with Crippen LogP contribution in [0.2, 0.25) is 0 Å². The van der Waals surface area contributed by atoms with Crippen molar-refractivity contribution in [2.24, 2.45) is 0 Å². The number of nitrogens with zero attached hydrogens (tertiary/aromatic N) is 3. The zero-order valence-electron chi connectivity index (χ0n) is 14.8. The number of aromatic nitrogens is 3. The van der Waals surface area contributed by atoms with E-state index < -0.39 is 0 Å². The number of imidazole rings is 1. The predicted molar refractivity (Wildman–Crippen MR) is 99.3 cm³/mol. The topological polar surface area (TPSA) is 72.4 Å². The second kappa shape index (κ2) is 6.15. The van der Waals surface area contributed by atoms with E-state index in [1.807, 2.05) is 54.8 Å². The minimum Gasteiger partial charge on any atom is -0.466 e. The number of nitrogens with one attached hydrogen (secondary N) is 1. The van der Waals surface area contributed by atoms with E-state index in [1.54, 1.807) is 19.2 Å². The van der Waals surface area contributed by atoms with Crippen molar-refractivity contribution in [3.63, 3.8) is 0 Å². The SMILES string of the molecule is Cc1cc(C(=O)Nc2cccc(-c3nc4ncccn4c3C)c2)c(C)o1. The molecule has 1 aromatic carbocycles. The molecule has 3 aromatic heterocycles. The molecule has 3 heterocycles. The van der Waals surface area contributed by atoms with Gasteiger partial charge in [-0.25, -0.2) is 9.97 Å². The summed E-state index contributed by atoms with van der Waals surface area (Å²) in [5.41, 5.74) is 4.01. The number of anilines is 1. The lowest BCUT2D eigenvalue weighted by atomic mass is 10.1. The van der Waals surface area contributed by atoms with Gasteiger partial charge in [-0.3, -0.25) is 9.20 Å². The van der Waals surface area contributed by atoms with E-state index in [9.17, 15) is 4.79 Å². The van der Waals surface area contributed by atoms with Crippen molar-refractivity contribution < 1.29 is 9.21 Å². The molecule has 0 aliphatic rings. The molecule has 0 bridgehead atoms. The Labute approximate surface area is 150 Å². The van der Waals surface area contributed by atoms with E-state index in [0.717, 1.165) is 17.0 Å². The van der Waals surface area contributed by atoms with Crippen molar-refractivity contribution in [1.29, 1.82) is 0 Å². The average molecular weight is 346 g/mol. The van der Waals surface area contributed by atoms with Crippen molar-refractivity contribution in [2.45, 2.75) is 20.8 Å². The third-order valence-electron chi connectivity index (χ3n) is 4.32. The molecule has 1 amide bonds. The highest BCUT2D eigenvalue weighted by Gasteiger charge is 2.15. The molecular weight excluding hydrogens is 328 g/mol. The lowest BCUT2D eigenvalue weighted by Crippen LogP contribution is -2.12. The van der Waals surface area contributed by atoms with Gasteiger partial charge in [-0.15, -0.1) is 0 Å². The molecule has 0 saturated heterocycles. The first kappa shape index (κ1) is 16.1. The zero-order valence-corrected chi connectivity index (χ0v) is 14.8. The molecule has 130 valence electrons. The average Bonchev–Trinajstić information content (AvgIpc) is 3.15. The zero-order chi connectivity index (χ0) is 18.3. The van der Waals surface area contributed by atoms with Gasteiger partial charge in [0.15, 0.2) is 0 Å². The Hall–Kier alpha value is -3.41. The van der Waals surface area contributed by atoms with Crippen molar-refractivity contribution in [2.75, 3.05) is 5.32 Å².